The Balaban J connectivity index is 0.000000249. The van der Waals surface area contributed by atoms with E-state index >= 15 is 0 Å². The molecule has 8 rings (SSSR count). The lowest BCUT2D eigenvalue weighted by atomic mass is 9.79. The van der Waals surface area contributed by atoms with Crippen LogP contribution in [0.4, 0.5) is 0 Å². The fourth-order valence-corrected chi connectivity index (χ4v) is 6.25. The van der Waals surface area contributed by atoms with Gasteiger partial charge < -0.3 is 0 Å². The maximum absolute atomic E-state index is 4.08. The van der Waals surface area contributed by atoms with Crippen molar-refractivity contribution in [3.63, 3.8) is 0 Å². The largest absolute Gasteiger partial charge is 0.264 e. The molecule has 0 bridgehead atoms. The van der Waals surface area contributed by atoms with Crippen LogP contribution in [0.15, 0.2) is 146 Å². The highest BCUT2D eigenvalue weighted by molar-refractivity contribution is 5.83. The molecule has 0 amide bonds. The monoisotopic (exact) mass is 803 g/mol. The zero-order valence-corrected chi connectivity index (χ0v) is 40.1. The van der Waals surface area contributed by atoms with Crippen molar-refractivity contribution >= 4 is 10.8 Å². The van der Waals surface area contributed by atoms with Gasteiger partial charge in [-0.2, -0.15) is 0 Å². The van der Waals surface area contributed by atoms with Crippen LogP contribution < -0.4 is 0 Å². The maximum Gasteiger partial charge on any atom is 0.0401 e. The van der Waals surface area contributed by atoms with Crippen molar-refractivity contribution in [3.8, 4) is 11.1 Å². The summed E-state index contributed by atoms with van der Waals surface area (Å²) < 4.78 is 0. The van der Waals surface area contributed by atoms with Crippen molar-refractivity contribution in [2.75, 3.05) is 0 Å². The van der Waals surface area contributed by atoms with Gasteiger partial charge in [0.2, 0.25) is 0 Å². The Kier molecular flexibility index (Phi) is 23.5. The van der Waals surface area contributed by atoms with Gasteiger partial charge in [0.05, 0.1) is 0 Å². The minimum Gasteiger partial charge on any atom is -0.264 e. The number of benzene rings is 4. The molecule has 0 spiro atoms. The van der Waals surface area contributed by atoms with Crippen LogP contribution in [-0.2, 0) is 0 Å². The van der Waals surface area contributed by atoms with E-state index in [9.17, 15) is 0 Å². The van der Waals surface area contributed by atoms with Crippen LogP contribution in [-0.4, -0.2) is 9.97 Å². The fraction of sp³-hybridized carbons (Fsp3) is 0.379. The first-order valence-corrected chi connectivity index (χ1v) is 22.2. The predicted octanol–water partition coefficient (Wildman–Crippen LogP) is 16.9. The molecule has 2 aromatic heterocycles. The minimum absolute atomic E-state index is 0.800. The lowest BCUT2D eigenvalue weighted by molar-refractivity contribution is 0.305. The van der Waals surface area contributed by atoms with Crippen LogP contribution in [0, 0.1) is 85.0 Å². The Morgan fingerprint density at radius 1 is 0.483 bits per heavy atom. The smallest absolute Gasteiger partial charge is 0.0401 e. The Hall–Kier alpha value is -5.08. The summed E-state index contributed by atoms with van der Waals surface area (Å²) in [6.07, 6.45) is 16.9. The van der Waals surface area contributed by atoms with Gasteiger partial charge in [0.15, 0.2) is 0 Å². The summed E-state index contributed by atoms with van der Waals surface area (Å²) in [5.74, 6) is 4.68. The van der Waals surface area contributed by atoms with Gasteiger partial charge in [-0.15, -0.1) is 0 Å². The summed E-state index contributed by atoms with van der Waals surface area (Å²) in [6.45, 7) is 32.4. The molecule has 320 valence electrons. The molecule has 0 aliphatic heterocycles. The molecule has 4 aromatic carbocycles. The third-order valence-corrected chi connectivity index (χ3v) is 12.0. The first-order valence-electron chi connectivity index (χ1n) is 22.2. The highest BCUT2D eigenvalue weighted by Gasteiger charge is 2.26. The molecule has 2 aliphatic carbocycles. The van der Waals surface area contributed by atoms with Crippen molar-refractivity contribution < 1.29 is 0 Å². The number of aromatic nitrogens is 2. The molecule has 3 unspecified atom stereocenters. The molecule has 2 nitrogen and oxygen atoms in total. The second kappa shape index (κ2) is 27.6. The van der Waals surface area contributed by atoms with Crippen molar-refractivity contribution in [1.29, 1.82) is 0 Å². The predicted molar refractivity (Wildman–Crippen MR) is 267 cm³/mol. The normalized spacial score (nSPS) is 18.1. The zero-order valence-electron chi connectivity index (χ0n) is 40.1. The standard InChI is InChI=1S/C14H14.C12H12.C9H16.2C7H9N.C5H10.C4H8/c1-11-7-3-5-9-13(11)14-10-6-4-8-12(14)2;1-9-7-11-5-3-4-6-12(11)8-10(9)2;1-7-5-4-6-8(2)9(7)3;1-6-3-4-8-5-7(6)2;1-6-4-3-5-8-7(6)2;1-4-3-5(4)2;1-3-4-2/h3-10H,1-2H3;3-8H,1-2H3;4-5,7-9H,6H2,1-3H3;2*3-5H,1-2H3;4-5H,3H2,1-2H3;3-4H,1-2H3/b;;;;;;4-3-/t;;7?,8?,9-;;;4-,5?;/m..1..0./s1. The summed E-state index contributed by atoms with van der Waals surface area (Å²) in [6, 6.07) is 36.0. The van der Waals surface area contributed by atoms with Gasteiger partial charge in [-0.3, -0.25) is 9.97 Å². The molecule has 0 N–H and O–H groups in total. The fourth-order valence-electron chi connectivity index (χ4n) is 6.25. The number of fused-ring (bicyclic) bond motifs is 1. The van der Waals surface area contributed by atoms with E-state index in [2.05, 4.69) is 196 Å². The van der Waals surface area contributed by atoms with E-state index in [1.165, 1.54) is 73.7 Å². The van der Waals surface area contributed by atoms with E-state index in [1.807, 2.05) is 63.6 Å². The SMILES string of the molecule is C/C=C\C.CC1C=CCC(C)[C@@H]1C.CC1C[C@@H]1C.Cc1cc2ccccc2cc1C.Cc1ccccc1-c1ccccc1C.Cc1cccnc1C.Cc1ccncc1C. The summed E-state index contributed by atoms with van der Waals surface area (Å²) >= 11 is 0. The second-order valence-electron chi connectivity index (χ2n) is 17.0. The van der Waals surface area contributed by atoms with Gasteiger partial charge in [-0.25, -0.2) is 0 Å². The van der Waals surface area contributed by atoms with Gasteiger partial charge in [0.1, 0.15) is 0 Å². The molecule has 2 aliphatic rings. The molecule has 6 aromatic rings. The highest BCUT2D eigenvalue weighted by atomic mass is 14.7. The summed E-state index contributed by atoms with van der Waals surface area (Å²) in [7, 11) is 0. The molecule has 60 heavy (non-hydrogen) atoms. The summed E-state index contributed by atoms with van der Waals surface area (Å²) in [4.78, 5) is 8.02. The van der Waals surface area contributed by atoms with E-state index in [1.54, 1.807) is 0 Å². The van der Waals surface area contributed by atoms with Crippen LogP contribution >= 0.6 is 0 Å². The van der Waals surface area contributed by atoms with Gasteiger partial charge in [0, 0.05) is 24.3 Å². The van der Waals surface area contributed by atoms with Crippen LogP contribution in [0.5, 0.6) is 0 Å². The third kappa shape index (κ3) is 18.9. The van der Waals surface area contributed by atoms with E-state index in [0.29, 0.717) is 0 Å². The number of allylic oxidation sites excluding steroid dienone is 4. The number of hydrogen-bond acceptors (Lipinski definition) is 2. The molecule has 5 atom stereocenters. The van der Waals surface area contributed by atoms with E-state index < -0.39 is 0 Å². The van der Waals surface area contributed by atoms with Crippen LogP contribution in [0.2, 0.25) is 0 Å². The van der Waals surface area contributed by atoms with Gasteiger partial charge >= 0.3 is 0 Å². The zero-order chi connectivity index (χ0) is 44.6. The first kappa shape index (κ1) is 51.1. The first-order chi connectivity index (χ1) is 28.6. The molecule has 0 radical (unpaired) electrons. The maximum atomic E-state index is 4.08. The van der Waals surface area contributed by atoms with Crippen molar-refractivity contribution in [2.24, 2.45) is 29.6 Å². The van der Waals surface area contributed by atoms with E-state index in [4.69, 9.17) is 0 Å². The van der Waals surface area contributed by atoms with Gasteiger partial charge in [-0.1, -0.05) is 150 Å². The topological polar surface area (TPSA) is 25.8 Å². The average molecular weight is 803 g/mol. The van der Waals surface area contributed by atoms with Gasteiger partial charge in [0.25, 0.3) is 0 Å². The Bertz CT molecular complexity index is 1990. The molecule has 2 heterocycles. The number of nitrogens with zero attached hydrogens (tertiary/aromatic N) is 2. The third-order valence-electron chi connectivity index (χ3n) is 12.0. The number of aryl methyl sites for hydroxylation is 8. The van der Waals surface area contributed by atoms with Gasteiger partial charge in [-0.05, 0) is 185 Å². The van der Waals surface area contributed by atoms with E-state index in [-0.39, 0.29) is 0 Å². The lowest BCUT2D eigenvalue weighted by Crippen LogP contribution is -2.17. The molecule has 1 saturated carbocycles. The average Bonchev–Trinajstić information content (AvgIpc) is 3.91. The molecule has 0 saturated heterocycles. The molecular weight excluding hydrogens is 725 g/mol. The summed E-state index contributed by atoms with van der Waals surface area (Å²) in [5.41, 5.74) is 13.0. The quantitative estimate of drug-likeness (QED) is 0.155. The van der Waals surface area contributed by atoms with Crippen molar-refractivity contribution in [2.45, 2.75) is 117 Å². The van der Waals surface area contributed by atoms with Crippen LogP contribution in [0.1, 0.15) is 106 Å². The second-order valence-corrected chi connectivity index (χ2v) is 17.0. The summed E-state index contributed by atoms with van der Waals surface area (Å²) in [5, 5.41) is 2.67. The van der Waals surface area contributed by atoms with Crippen LogP contribution in [0.3, 0.4) is 0 Å². The Morgan fingerprint density at radius 3 is 1.28 bits per heavy atom. The Labute approximate surface area is 367 Å². The molecular formula is C58H78N2. The van der Waals surface area contributed by atoms with Crippen LogP contribution in [0.25, 0.3) is 21.9 Å². The number of pyridine rings is 2. The molecule has 2 heteroatoms. The Morgan fingerprint density at radius 2 is 0.950 bits per heavy atom. The number of hydrogen-bond donors (Lipinski definition) is 0. The van der Waals surface area contributed by atoms with Crippen molar-refractivity contribution in [3.05, 3.63) is 191 Å². The van der Waals surface area contributed by atoms with Crippen molar-refractivity contribution in [1.82, 2.24) is 9.97 Å². The van der Waals surface area contributed by atoms with E-state index in [0.717, 1.165) is 35.3 Å². The molecule has 1 fully saturated rings. The minimum atomic E-state index is 0.800. The lowest BCUT2D eigenvalue weighted by Gasteiger charge is -2.26. The highest BCUT2D eigenvalue weighted by Crippen LogP contribution is 2.36. The number of rotatable bonds is 1.